The molecule has 0 saturated carbocycles. The van der Waals surface area contributed by atoms with Gasteiger partial charge < -0.3 is 19.3 Å². The molecular weight excluding hydrogens is 340 g/mol. The van der Waals surface area contributed by atoms with Gasteiger partial charge in [-0.2, -0.15) is 0 Å². The summed E-state index contributed by atoms with van der Waals surface area (Å²) < 4.78 is 10.9. The largest absolute Gasteiger partial charge is 0.493 e. The van der Waals surface area contributed by atoms with E-state index in [0.717, 1.165) is 42.9 Å². The number of hydrogen-bond acceptors (Lipinski definition) is 6. The van der Waals surface area contributed by atoms with Crippen molar-refractivity contribution in [2.45, 2.75) is 6.92 Å². The van der Waals surface area contributed by atoms with Gasteiger partial charge in [0.15, 0.2) is 11.5 Å². The molecule has 0 spiro atoms. The van der Waals surface area contributed by atoms with E-state index in [1.54, 1.807) is 20.5 Å². The van der Waals surface area contributed by atoms with Gasteiger partial charge in [-0.15, -0.1) is 0 Å². The Morgan fingerprint density at radius 3 is 2.22 bits per heavy atom. The maximum Gasteiger partial charge on any atom is 0.162 e. The Bertz CT molecular complexity index is 952. The van der Waals surface area contributed by atoms with E-state index in [4.69, 9.17) is 9.47 Å². The van der Waals surface area contributed by atoms with E-state index in [2.05, 4.69) is 51.0 Å². The summed E-state index contributed by atoms with van der Waals surface area (Å²) in [6.07, 6.45) is 1.62. The van der Waals surface area contributed by atoms with Crippen LogP contribution in [0.3, 0.4) is 0 Å². The molecule has 1 aliphatic rings. The van der Waals surface area contributed by atoms with Crippen molar-refractivity contribution in [1.29, 1.82) is 0 Å². The van der Waals surface area contributed by atoms with Crippen LogP contribution in [0.5, 0.6) is 11.5 Å². The summed E-state index contributed by atoms with van der Waals surface area (Å²) >= 11 is 0. The number of fused-ring (bicyclic) bond motifs is 1. The fraction of sp³-hybridized carbons (Fsp3) is 0.333. The molecule has 1 saturated heterocycles. The van der Waals surface area contributed by atoms with Crippen molar-refractivity contribution in [2.75, 3.05) is 50.2 Å². The number of aryl methyl sites for hydroxylation is 1. The van der Waals surface area contributed by atoms with E-state index in [1.165, 1.54) is 11.3 Å². The molecule has 0 radical (unpaired) electrons. The molecule has 4 rings (SSSR count). The van der Waals surface area contributed by atoms with Crippen LogP contribution >= 0.6 is 0 Å². The Labute approximate surface area is 159 Å². The molecule has 140 valence electrons. The molecule has 0 amide bonds. The first kappa shape index (κ1) is 17.4. The number of methoxy groups -OCH3 is 2. The predicted octanol–water partition coefficient (Wildman–Crippen LogP) is 3.28. The van der Waals surface area contributed by atoms with Gasteiger partial charge in [0.05, 0.1) is 19.7 Å². The number of nitrogens with zero attached hydrogens (tertiary/aromatic N) is 4. The molecular formula is C21H24N4O2. The van der Waals surface area contributed by atoms with Crippen LogP contribution in [0, 0.1) is 6.92 Å². The second kappa shape index (κ2) is 7.31. The molecule has 1 aliphatic heterocycles. The van der Waals surface area contributed by atoms with Gasteiger partial charge in [-0.1, -0.05) is 18.2 Å². The molecule has 27 heavy (non-hydrogen) atoms. The molecule has 1 aromatic heterocycles. The van der Waals surface area contributed by atoms with E-state index >= 15 is 0 Å². The van der Waals surface area contributed by atoms with Crippen LogP contribution in [0.25, 0.3) is 10.9 Å². The lowest BCUT2D eigenvalue weighted by Crippen LogP contribution is -2.47. The number of benzene rings is 2. The van der Waals surface area contributed by atoms with Gasteiger partial charge in [-0.25, -0.2) is 9.97 Å². The normalized spacial score (nSPS) is 14.5. The zero-order chi connectivity index (χ0) is 18.8. The number of piperazine rings is 1. The molecule has 0 unspecified atom stereocenters. The molecule has 2 aromatic carbocycles. The van der Waals surface area contributed by atoms with Crippen LogP contribution in [0.4, 0.5) is 11.5 Å². The monoisotopic (exact) mass is 364 g/mol. The Morgan fingerprint density at radius 2 is 1.52 bits per heavy atom. The van der Waals surface area contributed by atoms with Crippen molar-refractivity contribution in [3.63, 3.8) is 0 Å². The summed E-state index contributed by atoms with van der Waals surface area (Å²) in [5, 5.41) is 0.986. The SMILES string of the molecule is COc1cc2ncnc(N3CCN(c4ccccc4C)CC3)c2cc1OC. The Morgan fingerprint density at radius 1 is 0.852 bits per heavy atom. The first-order chi connectivity index (χ1) is 13.2. The summed E-state index contributed by atoms with van der Waals surface area (Å²) in [6.45, 7) is 5.91. The second-order valence-electron chi connectivity index (χ2n) is 6.68. The predicted molar refractivity (Wildman–Crippen MR) is 108 cm³/mol. The van der Waals surface area contributed by atoms with Crippen molar-refractivity contribution >= 4 is 22.4 Å². The summed E-state index contributed by atoms with van der Waals surface area (Å²) in [5.74, 6) is 2.32. The smallest absolute Gasteiger partial charge is 0.162 e. The van der Waals surface area contributed by atoms with E-state index < -0.39 is 0 Å². The summed E-state index contributed by atoms with van der Waals surface area (Å²) in [5.41, 5.74) is 3.49. The van der Waals surface area contributed by atoms with Crippen molar-refractivity contribution < 1.29 is 9.47 Å². The van der Waals surface area contributed by atoms with Crippen LogP contribution in [-0.2, 0) is 0 Å². The average molecular weight is 364 g/mol. The molecule has 3 aromatic rings. The van der Waals surface area contributed by atoms with Gasteiger partial charge in [0, 0.05) is 43.3 Å². The lowest BCUT2D eigenvalue weighted by atomic mass is 10.1. The molecule has 0 N–H and O–H groups in total. The lowest BCUT2D eigenvalue weighted by Gasteiger charge is -2.37. The van der Waals surface area contributed by atoms with Crippen molar-refractivity contribution in [3.8, 4) is 11.5 Å². The fourth-order valence-corrected chi connectivity index (χ4v) is 3.70. The van der Waals surface area contributed by atoms with Crippen LogP contribution in [0.1, 0.15) is 5.56 Å². The topological polar surface area (TPSA) is 50.7 Å². The zero-order valence-corrected chi connectivity index (χ0v) is 16.0. The van der Waals surface area contributed by atoms with Gasteiger partial charge in [0.2, 0.25) is 0 Å². The first-order valence-corrected chi connectivity index (χ1v) is 9.13. The standard InChI is InChI=1S/C21H24N4O2/c1-15-6-4-5-7-18(15)24-8-10-25(11-9-24)21-16-12-19(26-2)20(27-3)13-17(16)22-14-23-21/h4-7,12-14H,8-11H2,1-3H3. The van der Waals surface area contributed by atoms with E-state index in [0.29, 0.717) is 11.5 Å². The number of ether oxygens (including phenoxy) is 2. The van der Waals surface area contributed by atoms with Crippen molar-refractivity contribution in [2.24, 2.45) is 0 Å². The van der Waals surface area contributed by atoms with Gasteiger partial charge >= 0.3 is 0 Å². The molecule has 6 heteroatoms. The number of aromatic nitrogens is 2. The van der Waals surface area contributed by atoms with Gasteiger partial charge in [-0.3, -0.25) is 0 Å². The summed E-state index contributed by atoms with van der Waals surface area (Å²) in [4.78, 5) is 13.8. The molecule has 2 heterocycles. The van der Waals surface area contributed by atoms with E-state index in [9.17, 15) is 0 Å². The minimum absolute atomic E-state index is 0.680. The summed E-state index contributed by atoms with van der Waals surface area (Å²) in [6, 6.07) is 12.4. The van der Waals surface area contributed by atoms with E-state index in [1.807, 2.05) is 12.1 Å². The van der Waals surface area contributed by atoms with Crippen LogP contribution in [0.2, 0.25) is 0 Å². The number of hydrogen-bond donors (Lipinski definition) is 0. The van der Waals surface area contributed by atoms with Gasteiger partial charge in [0.1, 0.15) is 12.1 Å². The number of para-hydroxylation sites is 1. The average Bonchev–Trinajstić information content (AvgIpc) is 2.72. The Hall–Kier alpha value is -3.02. The Balaban J connectivity index is 1.61. The first-order valence-electron chi connectivity index (χ1n) is 9.13. The fourth-order valence-electron chi connectivity index (χ4n) is 3.70. The lowest BCUT2D eigenvalue weighted by molar-refractivity contribution is 0.356. The van der Waals surface area contributed by atoms with Crippen LogP contribution < -0.4 is 19.3 Å². The molecule has 0 aliphatic carbocycles. The Kier molecular flexibility index (Phi) is 4.71. The van der Waals surface area contributed by atoms with Crippen LogP contribution in [-0.4, -0.2) is 50.4 Å². The highest BCUT2D eigenvalue weighted by molar-refractivity contribution is 5.92. The minimum atomic E-state index is 0.680. The second-order valence-corrected chi connectivity index (χ2v) is 6.68. The molecule has 6 nitrogen and oxygen atoms in total. The summed E-state index contributed by atoms with van der Waals surface area (Å²) in [7, 11) is 3.28. The molecule has 0 bridgehead atoms. The maximum atomic E-state index is 5.47. The highest BCUT2D eigenvalue weighted by Gasteiger charge is 2.21. The third kappa shape index (κ3) is 3.23. The van der Waals surface area contributed by atoms with Crippen LogP contribution in [0.15, 0.2) is 42.7 Å². The highest BCUT2D eigenvalue weighted by Crippen LogP contribution is 2.35. The van der Waals surface area contributed by atoms with Gasteiger partial charge in [-0.05, 0) is 24.6 Å². The highest BCUT2D eigenvalue weighted by atomic mass is 16.5. The number of rotatable bonds is 4. The third-order valence-corrected chi connectivity index (χ3v) is 5.15. The quantitative estimate of drug-likeness (QED) is 0.708. The van der Waals surface area contributed by atoms with Crippen molar-refractivity contribution in [3.05, 3.63) is 48.3 Å². The maximum absolute atomic E-state index is 5.47. The minimum Gasteiger partial charge on any atom is -0.493 e. The number of anilines is 2. The zero-order valence-electron chi connectivity index (χ0n) is 16.0. The third-order valence-electron chi connectivity index (χ3n) is 5.15. The van der Waals surface area contributed by atoms with Crippen molar-refractivity contribution in [1.82, 2.24) is 9.97 Å². The molecule has 0 atom stereocenters. The molecule has 1 fully saturated rings. The van der Waals surface area contributed by atoms with E-state index in [-0.39, 0.29) is 0 Å². The van der Waals surface area contributed by atoms with Gasteiger partial charge in [0.25, 0.3) is 0 Å².